The lowest BCUT2D eigenvalue weighted by Crippen LogP contribution is -1.99. The first kappa shape index (κ1) is 12.7. The zero-order valence-corrected chi connectivity index (χ0v) is 13.2. The Hall–Kier alpha value is -2.05. The summed E-state index contributed by atoms with van der Waals surface area (Å²) in [6.07, 6.45) is 5.34. The first-order valence-electron chi connectivity index (χ1n) is 6.32. The summed E-state index contributed by atoms with van der Waals surface area (Å²) >= 11 is 5.15. The Morgan fingerprint density at radius 2 is 1.86 bits per heavy atom. The van der Waals surface area contributed by atoms with Crippen molar-refractivity contribution in [2.45, 2.75) is 0 Å². The number of aromatic nitrogens is 4. The molecule has 4 rings (SSSR count). The van der Waals surface area contributed by atoms with E-state index in [0.717, 1.165) is 30.9 Å². The number of rotatable bonds is 2. The van der Waals surface area contributed by atoms with E-state index < -0.39 is 0 Å². The van der Waals surface area contributed by atoms with Crippen LogP contribution in [0.2, 0.25) is 0 Å². The third-order valence-corrected chi connectivity index (χ3v) is 4.85. The smallest absolute Gasteiger partial charge is 0.168 e. The number of thiophene rings is 1. The number of benzene rings is 1. The number of fused-ring (bicyclic) bond motifs is 1. The second-order valence-electron chi connectivity index (χ2n) is 4.49. The predicted octanol–water partition coefficient (Wildman–Crippen LogP) is 4.31. The van der Waals surface area contributed by atoms with Crippen molar-refractivity contribution in [3.63, 3.8) is 0 Å². The van der Waals surface area contributed by atoms with Crippen LogP contribution in [0.1, 0.15) is 0 Å². The van der Waals surface area contributed by atoms with Gasteiger partial charge < -0.3 is 0 Å². The van der Waals surface area contributed by atoms with Crippen molar-refractivity contribution in [1.29, 1.82) is 0 Å². The molecule has 1 aromatic carbocycles. The molecule has 0 saturated heterocycles. The fourth-order valence-electron chi connectivity index (χ4n) is 2.29. The lowest BCUT2D eigenvalue weighted by Gasteiger charge is -2.08. The Bertz CT molecular complexity index is 914. The average molecular weight is 357 g/mol. The van der Waals surface area contributed by atoms with E-state index in [0.29, 0.717) is 0 Å². The van der Waals surface area contributed by atoms with Crippen molar-refractivity contribution in [3.05, 3.63) is 58.9 Å². The number of hydrogen-bond donors (Lipinski definition) is 0. The SMILES string of the molecule is Brc1ccc(-c2nnc(-n3ccnc3)c3ccccc23)s1. The third kappa shape index (κ3) is 2.16. The van der Waals surface area contributed by atoms with E-state index >= 15 is 0 Å². The lowest BCUT2D eigenvalue weighted by molar-refractivity contribution is 0.933. The molecule has 3 aromatic heterocycles. The molecule has 6 heteroatoms. The molecule has 0 aliphatic carbocycles. The van der Waals surface area contributed by atoms with Gasteiger partial charge in [0.1, 0.15) is 12.0 Å². The Morgan fingerprint density at radius 1 is 1.00 bits per heavy atom. The van der Waals surface area contributed by atoms with Crippen molar-refractivity contribution in [1.82, 2.24) is 19.7 Å². The number of imidazole rings is 1. The van der Waals surface area contributed by atoms with Gasteiger partial charge in [-0.3, -0.25) is 4.57 Å². The monoisotopic (exact) mass is 356 g/mol. The zero-order chi connectivity index (χ0) is 14.2. The van der Waals surface area contributed by atoms with Crippen LogP contribution in [0.25, 0.3) is 27.2 Å². The molecule has 0 radical (unpaired) electrons. The molecule has 0 saturated carbocycles. The van der Waals surface area contributed by atoms with Gasteiger partial charge in [0.15, 0.2) is 5.82 Å². The largest absolute Gasteiger partial charge is 0.289 e. The highest BCUT2D eigenvalue weighted by Gasteiger charge is 2.13. The maximum atomic E-state index is 4.44. The molecule has 0 spiro atoms. The Morgan fingerprint density at radius 3 is 2.57 bits per heavy atom. The molecule has 0 fully saturated rings. The lowest BCUT2D eigenvalue weighted by atomic mass is 10.1. The highest BCUT2D eigenvalue weighted by Crippen LogP contribution is 2.34. The molecule has 3 heterocycles. The summed E-state index contributed by atoms with van der Waals surface area (Å²) in [7, 11) is 0. The fraction of sp³-hybridized carbons (Fsp3) is 0. The van der Waals surface area contributed by atoms with Crippen LogP contribution in [-0.2, 0) is 0 Å². The Labute approximate surface area is 133 Å². The number of hydrogen-bond acceptors (Lipinski definition) is 4. The van der Waals surface area contributed by atoms with Crippen molar-refractivity contribution in [3.8, 4) is 16.4 Å². The average Bonchev–Trinajstić information content (AvgIpc) is 3.17. The molecule has 4 aromatic rings. The van der Waals surface area contributed by atoms with Gasteiger partial charge in [-0.2, -0.15) is 0 Å². The van der Waals surface area contributed by atoms with Gasteiger partial charge in [0.05, 0.1) is 8.66 Å². The van der Waals surface area contributed by atoms with Crippen LogP contribution >= 0.6 is 27.3 Å². The molecule has 0 bridgehead atoms. The predicted molar refractivity (Wildman–Crippen MR) is 87.7 cm³/mol. The van der Waals surface area contributed by atoms with E-state index in [1.54, 1.807) is 23.9 Å². The van der Waals surface area contributed by atoms with Crippen LogP contribution in [0.4, 0.5) is 0 Å². The minimum atomic E-state index is 0.794. The van der Waals surface area contributed by atoms with Gasteiger partial charge in [-0.05, 0) is 28.1 Å². The van der Waals surface area contributed by atoms with Gasteiger partial charge in [0.2, 0.25) is 0 Å². The summed E-state index contributed by atoms with van der Waals surface area (Å²) in [6, 6.07) is 12.3. The van der Waals surface area contributed by atoms with Gasteiger partial charge in [-0.1, -0.05) is 24.3 Å². The normalized spacial score (nSPS) is 11.1. The molecule has 4 nitrogen and oxygen atoms in total. The van der Waals surface area contributed by atoms with Gasteiger partial charge in [0, 0.05) is 23.2 Å². The number of halogens is 1. The van der Waals surface area contributed by atoms with Crippen LogP contribution in [0.5, 0.6) is 0 Å². The van der Waals surface area contributed by atoms with E-state index in [4.69, 9.17) is 0 Å². The standard InChI is InChI=1S/C15H9BrN4S/c16-13-6-5-12(21-13)14-10-3-1-2-4-11(10)15(19-18-14)20-8-7-17-9-20/h1-9H. The summed E-state index contributed by atoms with van der Waals surface area (Å²) in [4.78, 5) is 5.18. The van der Waals surface area contributed by atoms with Crippen LogP contribution in [0.15, 0.2) is 58.9 Å². The Balaban J connectivity index is 2.02. The summed E-state index contributed by atoms with van der Waals surface area (Å²) in [5, 5.41) is 11.0. The summed E-state index contributed by atoms with van der Waals surface area (Å²) in [5.41, 5.74) is 0.908. The van der Waals surface area contributed by atoms with Crippen LogP contribution in [0.3, 0.4) is 0 Å². The van der Waals surface area contributed by atoms with Crippen molar-refractivity contribution < 1.29 is 0 Å². The Kier molecular flexibility index (Phi) is 3.05. The summed E-state index contributed by atoms with van der Waals surface area (Å²) in [5.74, 6) is 0.794. The van der Waals surface area contributed by atoms with E-state index in [9.17, 15) is 0 Å². The van der Waals surface area contributed by atoms with Crippen molar-refractivity contribution in [2.24, 2.45) is 0 Å². The first-order valence-corrected chi connectivity index (χ1v) is 7.93. The zero-order valence-electron chi connectivity index (χ0n) is 10.8. The van der Waals surface area contributed by atoms with Crippen LogP contribution in [-0.4, -0.2) is 19.7 Å². The maximum absolute atomic E-state index is 4.44. The van der Waals surface area contributed by atoms with E-state index in [1.807, 2.05) is 29.0 Å². The molecule has 0 N–H and O–H groups in total. The minimum absolute atomic E-state index is 0.794. The molecular formula is C15H9BrN4S. The molecule has 0 unspecified atom stereocenters. The van der Waals surface area contributed by atoms with Gasteiger partial charge in [0.25, 0.3) is 0 Å². The second-order valence-corrected chi connectivity index (χ2v) is 6.95. The maximum Gasteiger partial charge on any atom is 0.168 e. The quantitative estimate of drug-likeness (QED) is 0.537. The third-order valence-electron chi connectivity index (χ3n) is 3.22. The van der Waals surface area contributed by atoms with Gasteiger partial charge in [-0.25, -0.2) is 4.98 Å². The van der Waals surface area contributed by atoms with E-state index in [1.165, 1.54) is 0 Å². The van der Waals surface area contributed by atoms with Crippen LogP contribution < -0.4 is 0 Å². The molecule has 102 valence electrons. The van der Waals surface area contributed by atoms with Crippen LogP contribution in [0, 0.1) is 0 Å². The first-order chi connectivity index (χ1) is 10.3. The van der Waals surface area contributed by atoms with E-state index in [-0.39, 0.29) is 0 Å². The fourth-order valence-corrected chi connectivity index (χ4v) is 3.67. The van der Waals surface area contributed by atoms with Gasteiger partial charge in [-0.15, -0.1) is 21.5 Å². The van der Waals surface area contributed by atoms with Crippen molar-refractivity contribution in [2.75, 3.05) is 0 Å². The van der Waals surface area contributed by atoms with Crippen molar-refractivity contribution >= 4 is 38.0 Å². The summed E-state index contributed by atoms with van der Waals surface area (Å²) < 4.78 is 2.96. The van der Waals surface area contributed by atoms with E-state index in [2.05, 4.69) is 49.3 Å². The molecule has 21 heavy (non-hydrogen) atoms. The second kappa shape index (κ2) is 5.05. The molecule has 0 atom stereocenters. The topological polar surface area (TPSA) is 43.6 Å². The highest BCUT2D eigenvalue weighted by atomic mass is 79.9. The molecular weight excluding hydrogens is 348 g/mol. The molecule has 0 aliphatic heterocycles. The van der Waals surface area contributed by atoms with Gasteiger partial charge >= 0.3 is 0 Å². The molecule has 0 amide bonds. The highest BCUT2D eigenvalue weighted by molar-refractivity contribution is 9.11. The molecule has 0 aliphatic rings. The number of nitrogens with zero attached hydrogens (tertiary/aromatic N) is 4. The summed E-state index contributed by atoms with van der Waals surface area (Å²) in [6.45, 7) is 0. The minimum Gasteiger partial charge on any atom is -0.289 e.